The van der Waals surface area contributed by atoms with E-state index in [-0.39, 0.29) is 18.1 Å². The van der Waals surface area contributed by atoms with Crippen LogP contribution in [-0.2, 0) is 0 Å². The minimum absolute atomic E-state index is 0.00827. The summed E-state index contributed by atoms with van der Waals surface area (Å²) in [7, 11) is 0. The third-order valence-corrected chi connectivity index (χ3v) is 3.63. The predicted octanol–water partition coefficient (Wildman–Crippen LogP) is 2.97. The average molecular weight is 281 g/mol. The lowest BCUT2D eigenvalue weighted by Gasteiger charge is -2.16. The van der Waals surface area contributed by atoms with Crippen LogP contribution in [0.25, 0.3) is 0 Å². The number of nitrogens with two attached hydrogens (primary N) is 1. The highest BCUT2D eigenvalue weighted by atomic mass is 32.2. The largest absolute Gasteiger partial charge is 0.334 e. The first-order valence-corrected chi connectivity index (χ1v) is 7.88. The first kappa shape index (κ1) is 15.9. The number of nitrogens with one attached hydrogen (secondary N) is 2. The van der Waals surface area contributed by atoms with Crippen LogP contribution in [0.2, 0.25) is 0 Å². The Morgan fingerprint density at radius 3 is 2.47 bits per heavy atom. The van der Waals surface area contributed by atoms with Crippen molar-refractivity contribution in [2.45, 2.75) is 32.4 Å². The number of hydrogen-bond acceptors (Lipinski definition) is 3. The van der Waals surface area contributed by atoms with Crippen LogP contribution >= 0.6 is 11.8 Å². The van der Waals surface area contributed by atoms with E-state index in [0.717, 1.165) is 23.4 Å². The summed E-state index contributed by atoms with van der Waals surface area (Å²) < 4.78 is 0. The fraction of sp³-hybridized carbons (Fsp3) is 0.500. The lowest BCUT2D eigenvalue weighted by molar-refractivity contribution is 0.249. The second kappa shape index (κ2) is 8.07. The summed E-state index contributed by atoms with van der Waals surface area (Å²) in [5, 5.41) is 5.79. The van der Waals surface area contributed by atoms with E-state index in [4.69, 9.17) is 5.73 Å². The number of anilines is 1. The van der Waals surface area contributed by atoms with E-state index in [2.05, 4.69) is 17.6 Å². The molecule has 5 heteroatoms. The molecule has 1 aromatic carbocycles. The molecule has 0 radical (unpaired) electrons. The van der Waals surface area contributed by atoms with E-state index >= 15 is 0 Å². The summed E-state index contributed by atoms with van der Waals surface area (Å²) in [6.45, 7) is 4.00. The van der Waals surface area contributed by atoms with Gasteiger partial charge < -0.3 is 16.4 Å². The fourth-order valence-corrected chi connectivity index (χ4v) is 2.41. The molecule has 0 aliphatic heterocycles. The van der Waals surface area contributed by atoms with Crippen LogP contribution in [0.1, 0.15) is 31.9 Å². The molecule has 4 nitrogen and oxygen atoms in total. The molecular formula is C14H23N3OS. The van der Waals surface area contributed by atoms with E-state index in [1.165, 1.54) is 0 Å². The fourth-order valence-electron chi connectivity index (χ4n) is 1.69. The molecule has 106 valence electrons. The minimum Gasteiger partial charge on any atom is -0.334 e. The van der Waals surface area contributed by atoms with Gasteiger partial charge in [0.05, 0.1) is 0 Å². The second-order valence-electron chi connectivity index (χ2n) is 4.57. The van der Waals surface area contributed by atoms with Crippen molar-refractivity contribution in [3.8, 4) is 0 Å². The van der Waals surface area contributed by atoms with E-state index in [1.54, 1.807) is 11.8 Å². The Bertz CT molecular complexity index is 392. The third-order valence-electron chi connectivity index (χ3n) is 2.89. The molecule has 0 aliphatic carbocycles. The highest BCUT2D eigenvalue weighted by Crippen LogP contribution is 2.14. The first-order chi connectivity index (χ1) is 9.06. The summed E-state index contributed by atoms with van der Waals surface area (Å²) >= 11 is 1.73. The van der Waals surface area contributed by atoms with E-state index in [0.29, 0.717) is 0 Å². The number of carbonyl (C=O) groups is 1. The second-order valence-corrected chi connectivity index (χ2v) is 5.48. The SMILES string of the molecule is CCC(CSC)NC(=O)Nc1ccc(C(C)N)cc1. The van der Waals surface area contributed by atoms with Crippen LogP contribution in [0.3, 0.4) is 0 Å². The summed E-state index contributed by atoms with van der Waals surface area (Å²) in [5.41, 5.74) is 7.61. The molecule has 0 spiro atoms. The molecule has 0 aliphatic rings. The highest BCUT2D eigenvalue weighted by molar-refractivity contribution is 7.98. The maximum Gasteiger partial charge on any atom is 0.319 e. The Balaban J connectivity index is 2.52. The number of urea groups is 1. The Morgan fingerprint density at radius 2 is 2.00 bits per heavy atom. The van der Waals surface area contributed by atoms with Gasteiger partial charge in [0, 0.05) is 23.5 Å². The topological polar surface area (TPSA) is 67.2 Å². The van der Waals surface area contributed by atoms with Gasteiger partial charge in [-0.3, -0.25) is 0 Å². The monoisotopic (exact) mass is 281 g/mol. The number of carbonyl (C=O) groups excluding carboxylic acids is 1. The van der Waals surface area contributed by atoms with E-state index < -0.39 is 0 Å². The maximum atomic E-state index is 11.8. The summed E-state index contributed by atoms with van der Waals surface area (Å²) in [6.07, 6.45) is 2.97. The molecule has 0 saturated carbocycles. The van der Waals surface area contributed by atoms with Crippen molar-refractivity contribution < 1.29 is 4.79 Å². The van der Waals surface area contributed by atoms with Gasteiger partial charge in [-0.2, -0.15) is 11.8 Å². The molecule has 2 unspecified atom stereocenters. The molecule has 0 aromatic heterocycles. The lowest BCUT2D eigenvalue weighted by Crippen LogP contribution is -2.39. The summed E-state index contributed by atoms with van der Waals surface area (Å²) in [4.78, 5) is 11.8. The van der Waals surface area contributed by atoms with Gasteiger partial charge in [0.1, 0.15) is 0 Å². The van der Waals surface area contributed by atoms with Crippen molar-refractivity contribution >= 4 is 23.5 Å². The third kappa shape index (κ3) is 5.53. The summed E-state index contributed by atoms with van der Waals surface area (Å²) in [5.74, 6) is 0.924. The molecule has 4 N–H and O–H groups in total. The van der Waals surface area contributed by atoms with Crippen molar-refractivity contribution in [3.05, 3.63) is 29.8 Å². The number of thioether (sulfide) groups is 1. The molecule has 1 aromatic rings. The molecule has 2 atom stereocenters. The Kier molecular flexibility index (Phi) is 6.73. The number of hydrogen-bond donors (Lipinski definition) is 3. The number of benzene rings is 1. The predicted molar refractivity (Wildman–Crippen MR) is 83.7 cm³/mol. The van der Waals surface area contributed by atoms with Crippen LogP contribution in [0.4, 0.5) is 10.5 Å². The maximum absolute atomic E-state index is 11.8. The average Bonchev–Trinajstić information content (AvgIpc) is 2.38. The number of rotatable bonds is 6. The molecule has 0 heterocycles. The van der Waals surface area contributed by atoms with Crippen molar-refractivity contribution in [3.63, 3.8) is 0 Å². The zero-order chi connectivity index (χ0) is 14.3. The molecule has 0 bridgehead atoms. The van der Waals surface area contributed by atoms with Gasteiger partial charge in [-0.05, 0) is 37.3 Å². The first-order valence-electron chi connectivity index (χ1n) is 6.48. The molecule has 2 amide bonds. The Hall–Kier alpha value is -1.20. The molecule has 1 rings (SSSR count). The van der Waals surface area contributed by atoms with Crippen molar-refractivity contribution in [1.29, 1.82) is 0 Å². The van der Waals surface area contributed by atoms with E-state index in [9.17, 15) is 4.79 Å². The number of amides is 2. The molecular weight excluding hydrogens is 258 g/mol. The van der Waals surface area contributed by atoms with Crippen LogP contribution < -0.4 is 16.4 Å². The van der Waals surface area contributed by atoms with Crippen LogP contribution in [0, 0.1) is 0 Å². The van der Waals surface area contributed by atoms with Crippen molar-refractivity contribution in [2.24, 2.45) is 5.73 Å². The van der Waals surface area contributed by atoms with Gasteiger partial charge in [0.25, 0.3) is 0 Å². The lowest BCUT2D eigenvalue weighted by atomic mass is 10.1. The van der Waals surface area contributed by atoms with Gasteiger partial charge >= 0.3 is 6.03 Å². The molecule has 0 saturated heterocycles. The Morgan fingerprint density at radius 1 is 1.37 bits per heavy atom. The van der Waals surface area contributed by atoms with E-state index in [1.807, 2.05) is 37.4 Å². The van der Waals surface area contributed by atoms with Crippen LogP contribution in [0.5, 0.6) is 0 Å². The summed E-state index contributed by atoms with van der Waals surface area (Å²) in [6, 6.07) is 7.65. The zero-order valence-corrected chi connectivity index (χ0v) is 12.6. The zero-order valence-electron chi connectivity index (χ0n) is 11.8. The highest BCUT2D eigenvalue weighted by Gasteiger charge is 2.09. The minimum atomic E-state index is -0.158. The van der Waals surface area contributed by atoms with Crippen molar-refractivity contribution in [1.82, 2.24) is 5.32 Å². The quantitative estimate of drug-likeness (QED) is 0.751. The van der Waals surface area contributed by atoms with Gasteiger partial charge in [0.2, 0.25) is 0 Å². The molecule has 0 fully saturated rings. The smallest absolute Gasteiger partial charge is 0.319 e. The normalized spacial score (nSPS) is 13.7. The van der Waals surface area contributed by atoms with Crippen LogP contribution in [0.15, 0.2) is 24.3 Å². The van der Waals surface area contributed by atoms with Gasteiger partial charge in [-0.1, -0.05) is 19.1 Å². The van der Waals surface area contributed by atoms with Gasteiger partial charge in [-0.25, -0.2) is 4.79 Å². The molecule has 19 heavy (non-hydrogen) atoms. The Labute approximate surface area is 119 Å². The van der Waals surface area contributed by atoms with Crippen LogP contribution in [-0.4, -0.2) is 24.1 Å². The van der Waals surface area contributed by atoms with Crippen molar-refractivity contribution in [2.75, 3.05) is 17.3 Å². The van der Waals surface area contributed by atoms with Gasteiger partial charge in [-0.15, -0.1) is 0 Å². The standard InChI is InChI=1S/C14H23N3OS/c1-4-12(9-19-3)16-14(18)17-13-7-5-11(6-8-13)10(2)15/h5-8,10,12H,4,9,15H2,1-3H3,(H2,16,17,18). The van der Waals surface area contributed by atoms with Gasteiger partial charge in [0.15, 0.2) is 0 Å².